The van der Waals surface area contributed by atoms with Crippen molar-refractivity contribution >= 4 is 35.2 Å². The van der Waals surface area contributed by atoms with E-state index in [4.69, 9.17) is 23.2 Å². The molecule has 0 radical (unpaired) electrons. The highest BCUT2D eigenvalue weighted by molar-refractivity contribution is 6.31. The lowest BCUT2D eigenvalue weighted by Gasteiger charge is -2.04. The number of halogens is 2. The average molecular weight is 306 g/mol. The van der Waals surface area contributed by atoms with Gasteiger partial charge in [-0.15, -0.1) is 0 Å². The second-order valence-electron chi connectivity index (χ2n) is 4.19. The molecule has 0 fully saturated rings. The van der Waals surface area contributed by atoms with Crippen LogP contribution in [0.3, 0.4) is 0 Å². The molecule has 2 aromatic rings. The summed E-state index contributed by atoms with van der Waals surface area (Å²) in [5.74, 6) is -0.167. The Hall–Kier alpha value is -1.77. The second kappa shape index (κ2) is 7.13. The van der Waals surface area contributed by atoms with Gasteiger partial charge in [-0.1, -0.05) is 53.5 Å². The quantitative estimate of drug-likeness (QED) is 0.837. The van der Waals surface area contributed by atoms with Crippen LogP contribution < -0.4 is 5.32 Å². The standard InChI is InChI=1S/C16H13Cl2NO/c17-14-8-5-12(6-9-14)7-10-16(20)19-11-13-3-1-2-4-15(13)18/h1-10H,11H2,(H,19,20)/b10-7+. The molecule has 0 bridgehead atoms. The van der Waals surface area contributed by atoms with Crippen molar-refractivity contribution in [2.45, 2.75) is 6.54 Å². The van der Waals surface area contributed by atoms with E-state index in [2.05, 4.69) is 5.32 Å². The van der Waals surface area contributed by atoms with Gasteiger partial charge in [0.25, 0.3) is 0 Å². The molecule has 1 amide bonds. The van der Waals surface area contributed by atoms with Crippen LogP contribution in [0.25, 0.3) is 6.08 Å². The smallest absolute Gasteiger partial charge is 0.244 e. The van der Waals surface area contributed by atoms with Gasteiger partial charge in [0.1, 0.15) is 0 Å². The minimum atomic E-state index is -0.167. The van der Waals surface area contributed by atoms with E-state index >= 15 is 0 Å². The number of carbonyl (C=O) groups excluding carboxylic acids is 1. The molecule has 2 aromatic carbocycles. The molecule has 2 rings (SSSR count). The van der Waals surface area contributed by atoms with Gasteiger partial charge in [0.2, 0.25) is 5.91 Å². The van der Waals surface area contributed by atoms with Gasteiger partial charge in [-0.05, 0) is 35.4 Å². The molecular weight excluding hydrogens is 293 g/mol. The predicted octanol–water partition coefficient (Wildman–Crippen LogP) is 4.32. The molecule has 0 heterocycles. The third kappa shape index (κ3) is 4.41. The minimum Gasteiger partial charge on any atom is -0.348 e. The van der Waals surface area contributed by atoms with E-state index < -0.39 is 0 Å². The van der Waals surface area contributed by atoms with Crippen LogP contribution in [0.1, 0.15) is 11.1 Å². The lowest BCUT2D eigenvalue weighted by atomic mass is 10.2. The van der Waals surface area contributed by atoms with Crippen molar-refractivity contribution in [1.29, 1.82) is 0 Å². The lowest BCUT2D eigenvalue weighted by molar-refractivity contribution is -0.116. The Bertz CT molecular complexity index is 621. The van der Waals surface area contributed by atoms with Crippen LogP contribution in [-0.4, -0.2) is 5.91 Å². The number of rotatable bonds is 4. The van der Waals surface area contributed by atoms with Gasteiger partial charge in [0.15, 0.2) is 0 Å². The van der Waals surface area contributed by atoms with E-state index in [0.717, 1.165) is 11.1 Å². The Labute approximate surface area is 128 Å². The van der Waals surface area contributed by atoms with Gasteiger partial charge in [-0.25, -0.2) is 0 Å². The Morgan fingerprint density at radius 1 is 1.05 bits per heavy atom. The summed E-state index contributed by atoms with van der Waals surface area (Å²) in [6, 6.07) is 14.7. The molecule has 4 heteroatoms. The molecule has 20 heavy (non-hydrogen) atoms. The monoisotopic (exact) mass is 305 g/mol. The lowest BCUT2D eigenvalue weighted by Crippen LogP contribution is -2.20. The molecule has 0 unspecified atom stereocenters. The molecule has 0 saturated heterocycles. The first-order chi connectivity index (χ1) is 9.65. The average Bonchev–Trinajstić information content (AvgIpc) is 2.46. The third-order valence-corrected chi connectivity index (χ3v) is 3.33. The molecule has 102 valence electrons. The van der Waals surface area contributed by atoms with E-state index in [9.17, 15) is 4.79 Å². The SMILES string of the molecule is O=C(/C=C/c1ccc(Cl)cc1)NCc1ccccc1Cl. The fourth-order valence-electron chi connectivity index (χ4n) is 1.63. The third-order valence-electron chi connectivity index (χ3n) is 2.71. The highest BCUT2D eigenvalue weighted by atomic mass is 35.5. The summed E-state index contributed by atoms with van der Waals surface area (Å²) in [6.07, 6.45) is 3.22. The van der Waals surface area contributed by atoms with Crippen molar-refractivity contribution in [1.82, 2.24) is 5.32 Å². The fourth-order valence-corrected chi connectivity index (χ4v) is 1.96. The first-order valence-corrected chi connectivity index (χ1v) is 6.85. The van der Waals surface area contributed by atoms with E-state index in [0.29, 0.717) is 16.6 Å². The molecule has 2 nitrogen and oxygen atoms in total. The van der Waals surface area contributed by atoms with Gasteiger partial charge >= 0.3 is 0 Å². The van der Waals surface area contributed by atoms with Gasteiger partial charge in [0.05, 0.1) is 0 Å². The Morgan fingerprint density at radius 2 is 1.75 bits per heavy atom. The van der Waals surface area contributed by atoms with Crippen LogP contribution in [0.15, 0.2) is 54.6 Å². The van der Waals surface area contributed by atoms with Gasteiger partial charge in [0, 0.05) is 22.7 Å². The van der Waals surface area contributed by atoms with Crippen molar-refractivity contribution in [3.05, 3.63) is 75.8 Å². The molecule has 1 N–H and O–H groups in total. The molecule has 0 aliphatic heterocycles. The molecule has 0 aliphatic rings. The highest BCUT2D eigenvalue weighted by Gasteiger charge is 2.00. The summed E-state index contributed by atoms with van der Waals surface area (Å²) in [4.78, 5) is 11.7. The first-order valence-electron chi connectivity index (χ1n) is 6.10. The molecule has 0 aliphatic carbocycles. The summed E-state index contributed by atoms with van der Waals surface area (Å²) in [5.41, 5.74) is 1.81. The highest BCUT2D eigenvalue weighted by Crippen LogP contribution is 2.14. The summed E-state index contributed by atoms with van der Waals surface area (Å²) in [5, 5.41) is 4.10. The maximum Gasteiger partial charge on any atom is 0.244 e. The number of benzene rings is 2. The number of hydrogen-bond donors (Lipinski definition) is 1. The largest absolute Gasteiger partial charge is 0.348 e. The molecule has 0 atom stereocenters. The zero-order valence-electron chi connectivity index (χ0n) is 10.6. The number of carbonyl (C=O) groups is 1. The number of amides is 1. The van der Waals surface area contributed by atoms with Gasteiger partial charge in [-0.2, -0.15) is 0 Å². The second-order valence-corrected chi connectivity index (χ2v) is 5.04. The van der Waals surface area contributed by atoms with Crippen LogP contribution >= 0.6 is 23.2 Å². The van der Waals surface area contributed by atoms with Crippen molar-refractivity contribution in [2.24, 2.45) is 0 Å². The molecule has 0 spiro atoms. The minimum absolute atomic E-state index is 0.167. The van der Waals surface area contributed by atoms with E-state index in [1.54, 1.807) is 24.3 Å². The van der Waals surface area contributed by atoms with Crippen LogP contribution in [0.2, 0.25) is 10.0 Å². The van der Waals surface area contributed by atoms with Crippen LogP contribution in [-0.2, 0) is 11.3 Å². The summed E-state index contributed by atoms with van der Waals surface area (Å²) in [6.45, 7) is 0.406. The van der Waals surface area contributed by atoms with Gasteiger partial charge in [-0.3, -0.25) is 4.79 Å². The summed E-state index contributed by atoms with van der Waals surface area (Å²) in [7, 11) is 0. The normalized spacial score (nSPS) is 10.7. The van der Waals surface area contributed by atoms with E-state index in [1.165, 1.54) is 6.08 Å². The van der Waals surface area contributed by atoms with Crippen molar-refractivity contribution < 1.29 is 4.79 Å². The Balaban J connectivity index is 1.90. The molecule has 0 aromatic heterocycles. The van der Waals surface area contributed by atoms with Crippen LogP contribution in [0, 0.1) is 0 Å². The van der Waals surface area contributed by atoms with Crippen LogP contribution in [0.4, 0.5) is 0 Å². The number of hydrogen-bond acceptors (Lipinski definition) is 1. The van der Waals surface area contributed by atoms with Crippen LogP contribution in [0.5, 0.6) is 0 Å². The van der Waals surface area contributed by atoms with E-state index in [1.807, 2.05) is 30.3 Å². The maximum absolute atomic E-state index is 11.7. The fraction of sp³-hybridized carbons (Fsp3) is 0.0625. The predicted molar refractivity (Wildman–Crippen MR) is 83.8 cm³/mol. The van der Waals surface area contributed by atoms with Gasteiger partial charge < -0.3 is 5.32 Å². The first kappa shape index (κ1) is 14.6. The molecular formula is C16H13Cl2NO. The Kier molecular flexibility index (Phi) is 5.22. The summed E-state index contributed by atoms with van der Waals surface area (Å²) >= 11 is 11.8. The summed E-state index contributed by atoms with van der Waals surface area (Å²) < 4.78 is 0. The molecule has 0 saturated carbocycles. The zero-order chi connectivity index (χ0) is 14.4. The van der Waals surface area contributed by atoms with Crippen molar-refractivity contribution in [3.63, 3.8) is 0 Å². The van der Waals surface area contributed by atoms with Crippen molar-refractivity contribution in [3.8, 4) is 0 Å². The Morgan fingerprint density at radius 3 is 2.45 bits per heavy atom. The maximum atomic E-state index is 11.7. The topological polar surface area (TPSA) is 29.1 Å². The number of nitrogens with one attached hydrogen (secondary N) is 1. The zero-order valence-corrected chi connectivity index (χ0v) is 12.2. The van der Waals surface area contributed by atoms with E-state index in [-0.39, 0.29) is 5.91 Å². The van der Waals surface area contributed by atoms with Crippen molar-refractivity contribution in [2.75, 3.05) is 0 Å².